The van der Waals surface area contributed by atoms with E-state index in [1.165, 1.54) is 6.08 Å². The summed E-state index contributed by atoms with van der Waals surface area (Å²) in [5.41, 5.74) is 2.64. The Kier molecular flexibility index (Phi) is 4.98. The second kappa shape index (κ2) is 6.74. The predicted molar refractivity (Wildman–Crippen MR) is 87.1 cm³/mol. The Labute approximate surface area is 132 Å². The van der Waals surface area contributed by atoms with Crippen molar-refractivity contribution in [2.45, 2.75) is 13.5 Å². The van der Waals surface area contributed by atoms with Crippen molar-refractivity contribution in [2.24, 2.45) is 0 Å². The van der Waals surface area contributed by atoms with E-state index in [1.807, 2.05) is 36.4 Å². The monoisotopic (exact) mass is 322 g/mol. The molecule has 1 aromatic heterocycles. The number of aryl methyl sites for hydroxylation is 1. The number of nitrogens with zero attached hydrogens (tertiary/aromatic N) is 2. The van der Waals surface area contributed by atoms with Crippen molar-refractivity contribution in [1.29, 1.82) is 0 Å². The highest BCUT2D eigenvalue weighted by Gasteiger charge is 2.09. The van der Waals surface area contributed by atoms with Crippen molar-refractivity contribution in [3.63, 3.8) is 0 Å². The van der Waals surface area contributed by atoms with E-state index < -0.39 is 5.97 Å². The van der Waals surface area contributed by atoms with Gasteiger partial charge in [0.2, 0.25) is 0 Å². The molecule has 0 amide bonds. The number of carboxylic acids is 1. The zero-order chi connectivity index (χ0) is 15.4. The molecule has 2 rings (SSSR count). The van der Waals surface area contributed by atoms with E-state index in [9.17, 15) is 4.79 Å². The molecule has 0 aliphatic heterocycles. The Balaban J connectivity index is 2.14. The van der Waals surface area contributed by atoms with Gasteiger partial charge in [0.25, 0.3) is 0 Å². The average molecular weight is 323 g/mol. The summed E-state index contributed by atoms with van der Waals surface area (Å²) in [6.07, 6.45) is 2.61. The molecule has 1 aromatic carbocycles. The van der Waals surface area contributed by atoms with Crippen LogP contribution in [-0.2, 0) is 11.3 Å². The van der Waals surface area contributed by atoms with Crippen molar-refractivity contribution in [2.75, 3.05) is 11.9 Å². The van der Waals surface area contributed by atoms with Gasteiger partial charge >= 0.3 is 5.97 Å². The molecule has 21 heavy (non-hydrogen) atoms. The summed E-state index contributed by atoms with van der Waals surface area (Å²) < 4.78 is 0. The summed E-state index contributed by atoms with van der Waals surface area (Å²) in [4.78, 5) is 16.9. The van der Waals surface area contributed by atoms with Crippen LogP contribution >= 0.6 is 22.9 Å². The molecule has 0 fully saturated rings. The van der Waals surface area contributed by atoms with Gasteiger partial charge in [-0.25, -0.2) is 9.78 Å². The zero-order valence-electron chi connectivity index (χ0n) is 11.7. The van der Waals surface area contributed by atoms with Crippen LogP contribution in [0.1, 0.15) is 16.3 Å². The van der Waals surface area contributed by atoms with Crippen LogP contribution in [-0.4, -0.2) is 23.1 Å². The Morgan fingerprint density at radius 2 is 2.29 bits per heavy atom. The molecule has 0 aliphatic rings. The lowest BCUT2D eigenvalue weighted by Crippen LogP contribution is -2.17. The van der Waals surface area contributed by atoms with Gasteiger partial charge in [-0.1, -0.05) is 17.7 Å². The van der Waals surface area contributed by atoms with Crippen LogP contribution < -0.4 is 4.90 Å². The van der Waals surface area contributed by atoms with Gasteiger partial charge < -0.3 is 10.0 Å². The second-order valence-electron chi connectivity index (χ2n) is 4.60. The largest absolute Gasteiger partial charge is 0.478 e. The number of carbonyl (C=O) groups is 1. The fraction of sp³-hybridized carbons (Fsp3) is 0.200. The first-order valence-electron chi connectivity index (χ1n) is 6.28. The van der Waals surface area contributed by atoms with E-state index in [0.717, 1.165) is 28.0 Å². The first kappa shape index (κ1) is 15.5. The van der Waals surface area contributed by atoms with E-state index in [2.05, 4.69) is 4.98 Å². The van der Waals surface area contributed by atoms with Crippen LogP contribution in [0, 0.1) is 6.92 Å². The molecule has 1 heterocycles. The molecular weight excluding hydrogens is 308 g/mol. The molecule has 6 heteroatoms. The van der Waals surface area contributed by atoms with E-state index >= 15 is 0 Å². The fourth-order valence-corrected chi connectivity index (χ4v) is 2.85. The van der Waals surface area contributed by atoms with Crippen LogP contribution in [0.15, 0.2) is 29.7 Å². The molecule has 0 saturated carbocycles. The third-order valence-electron chi connectivity index (χ3n) is 2.87. The summed E-state index contributed by atoms with van der Waals surface area (Å²) in [6, 6.07) is 5.46. The van der Waals surface area contributed by atoms with Gasteiger partial charge in [0, 0.05) is 18.5 Å². The van der Waals surface area contributed by atoms with Gasteiger partial charge in [-0.2, -0.15) is 0 Å². The lowest BCUT2D eigenvalue weighted by Gasteiger charge is -2.19. The normalized spacial score (nSPS) is 11.0. The third kappa shape index (κ3) is 4.31. The molecule has 110 valence electrons. The number of anilines is 1. The van der Waals surface area contributed by atoms with Crippen molar-refractivity contribution >= 4 is 40.7 Å². The maximum absolute atomic E-state index is 10.5. The number of hydrogen-bond acceptors (Lipinski definition) is 4. The lowest BCUT2D eigenvalue weighted by molar-refractivity contribution is -0.131. The third-order valence-corrected chi connectivity index (χ3v) is 3.99. The van der Waals surface area contributed by atoms with Gasteiger partial charge in [0.05, 0.1) is 28.0 Å². The lowest BCUT2D eigenvalue weighted by atomic mass is 10.2. The summed E-state index contributed by atoms with van der Waals surface area (Å²) >= 11 is 7.89. The molecule has 4 nitrogen and oxygen atoms in total. The average Bonchev–Trinajstić information content (AvgIpc) is 2.81. The minimum Gasteiger partial charge on any atom is -0.478 e. The summed E-state index contributed by atoms with van der Waals surface area (Å²) in [6.45, 7) is 2.65. The van der Waals surface area contributed by atoms with E-state index in [1.54, 1.807) is 17.4 Å². The highest BCUT2D eigenvalue weighted by atomic mass is 35.5. The van der Waals surface area contributed by atoms with Crippen LogP contribution in [0.25, 0.3) is 6.08 Å². The van der Waals surface area contributed by atoms with E-state index in [0.29, 0.717) is 11.6 Å². The Morgan fingerprint density at radius 1 is 1.52 bits per heavy atom. The van der Waals surface area contributed by atoms with Crippen molar-refractivity contribution < 1.29 is 9.90 Å². The molecule has 0 saturated heterocycles. The Morgan fingerprint density at radius 3 is 2.86 bits per heavy atom. The van der Waals surface area contributed by atoms with E-state index in [-0.39, 0.29) is 0 Å². The minimum atomic E-state index is -0.980. The van der Waals surface area contributed by atoms with Crippen LogP contribution in [0.4, 0.5) is 5.69 Å². The minimum absolute atomic E-state index is 0.581. The maximum Gasteiger partial charge on any atom is 0.328 e. The number of halogens is 1. The maximum atomic E-state index is 10.5. The molecule has 0 bridgehead atoms. The van der Waals surface area contributed by atoms with Gasteiger partial charge in [0.15, 0.2) is 0 Å². The summed E-state index contributed by atoms with van der Waals surface area (Å²) in [5, 5.41) is 12.3. The standard InChI is InChI=1S/C15H15ClN2O2S/c1-10-17-12(9-21-10)8-18(2)14-5-3-11(7-13(14)16)4-6-15(19)20/h3-7,9H,8H2,1-2H3,(H,19,20)/b6-4+. The quantitative estimate of drug-likeness (QED) is 0.850. The molecule has 0 unspecified atom stereocenters. The van der Waals surface area contributed by atoms with Gasteiger partial charge in [0.1, 0.15) is 0 Å². The number of aromatic nitrogens is 1. The highest BCUT2D eigenvalue weighted by Crippen LogP contribution is 2.27. The van der Waals surface area contributed by atoms with Crippen molar-refractivity contribution in [1.82, 2.24) is 4.98 Å². The smallest absolute Gasteiger partial charge is 0.328 e. The molecular formula is C15H15ClN2O2S. The van der Waals surface area contributed by atoms with Crippen LogP contribution in [0.5, 0.6) is 0 Å². The van der Waals surface area contributed by atoms with Gasteiger partial charge in [-0.3, -0.25) is 0 Å². The summed E-state index contributed by atoms with van der Waals surface area (Å²) in [5.74, 6) is -0.980. The Hall–Kier alpha value is -1.85. The zero-order valence-corrected chi connectivity index (χ0v) is 13.3. The van der Waals surface area contributed by atoms with Crippen LogP contribution in [0.3, 0.4) is 0 Å². The topological polar surface area (TPSA) is 53.4 Å². The number of carboxylic acid groups (broad SMARTS) is 1. The second-order valence-corrected chi connectivity index (χ2v) is 6.07. The van der Waals surface area contributed by atoms with Crippen LogP contribution in [0.2, 0.25) is 5.02 Å². The fourth-order valence-electron chi connectivity index (χ4n) is 1.91. The molecule has 0 aliphatic carbocycles. The highest BCUT2D eigenvalue weighted by molar-refractivity contribution is 7.09. The van der Waals surface area contributed by atoms with Crippen molar-refractivity contribution in [3.05, 3.63) is 50.9 Å². The number of aliphatic carboxylic acids is 1. The Bertz CT molecular complexity index is 682. The summed E-state index contributed by atoms with van der Waals surface area (Å²) in [7, 11) is 1.95. The number of thiazole rings is 1. The molecule has 0 spiro atoms. The SMILES string of the molecule is Cc1nc(CN(C)c2ccc(/C=C/C(=O)O)cc2Cl)cs1. The molecule has 2 aromatic rings. The molecule has 1 N–H and O–H groups in total. The van der Waals surface area contributed by atoms with Gasteiger partial charge in [-0.15, -0.1) is 11.3 Å². The first-order valence-corrected chi connectivity index (χ1v) is 7.54. The van der Waals surface area contributed by atoms with E-state index in [4.69, 9.17) is 16.7 Å². The van der Waals surface area contributed by atoms with Gasteiger partial charge in [-0.05, 0) is 30.7 Å². The molecule has 0 atom stereocenters. The predicted octanol–water partition coefficient (Wildman–Crippen LogP) is 3.84. The number of benzene rings is 1. The van der Waals surface area contributed by atoms with Crippen molar-refractivity contribution in [3.8, 4) is 0 Å². The first-order chi connectivity index (χ1) is 9.95. The number of rotatable bonds is 5. The number of hydrogen-bond donors (Lipinski definition) is 1. The molecule has 0 radical (unpaired) electrons.